The summed E-state index contributed by atoms with van der Waals surface area (Å²) >= 11 is 0. The third-order valence-corrected chi connectivity index (χ3v) is 0.638. The van der Waals surface area contributed by atoms with Crippen LogP contribution in [-0.4, -0.2) is 43.8 Å². The van der Waals surface area contributed by atoms with Crippen molar-refractivity contribution in [3.8, 4) is 0 Å². The number of methoxy groups -OCH3 is 1. The first-order valence-electron chi connectivity index (χ1n) is 3.26. The monoisotopic (exact) mass is 164 g/mol. The average Bonchev–Trinajstić information content (AvgIpc) is 2.06. The molecule has 0 atom stereocenters. The maximum atomic E-state index is 8.09. The van der Waals surface area contributed by atoms with Crippen molar-refractivity contribution < 1.29 is 19.7 Å². The van der Waals surface area contributed by atoms with Gasteiger partial charge in [0.1, 0.15) is 0 Å². The van der Waals surface area contributed by atoms with Gasteiger partial charge >= 0.3 is 0 Å². The van der Waals surface area contributed by atoms with Gasteiger partial charge in [0.2, 0.25) is 0 Å². The van der Waals surface area contributed by atoms with Crippen molar-refractivity contribution >= 4 is 0 Å². The number of aliphatic hydroxyl groups excluding tert-OH is 2. The highest BCUT2D eigenvalue weighted by Crippen LogP contribution is 1.68. The zero-order valence-corrected chi connectivity index (χ0v) is 6.82. The summed E-state index contributed by atoms with van der Waals surface area (Å²) in [4.78, 5) is 0. The van der Waals surface area contributed by atoms with Gasteiger partial charge < -0.3 is 19.7 Å². The quantitative estimate of drug-likeness (QED) is 0.435. The molecule has 4 heteroatoms. The summed E-state index contributed by atoms with van der Waals surface area (Å²) in [5.41, 5.74) is 0. The van der Waals surface area contributed by atoms with Crippen LogP contribution in [0.2, 0.25) is 0 Å². The third kappa shape index (κ3) is 26.5. The largest absolute Gasteiger partial charge is 0.505 e. The highest BCUT2D eigenvalue weighted by Gasteiger charge is 1.79. The summed E-state index contributed by atoms with van der Waals surface area (Å²) in [7, 11) is 1.56. The fourth-order valence-electron chi connectivity index (χ4n) is 0.231. The van der Waals surface area contributed by atoms with Gasteiger partial charge in [-0.3, -0.25) is 0 Å². The van der Waals surface area contributed by atoms with Crippen LogP contribution in [0.4, 0.5) is 0 Å². The summed E-state index contributed by atoms with van der Waals surface area (Å²) in [5, 5.41) is 16.2. The van der Waals surface area contributed by atoms with E-state index in [1.54, 1.807) is 7.11 Å². The van der Waals surface area contributed by atoms with Gasteiger partial charge in [0.05, 0.1) is 39.8 Å². The maximum absolute atomic E-state index is 8.09. The molecular weight excluding hydrogens is 148 g/mol. The molecule has 68 valence electrons. The molecule has 0 unspecified atom stereocenters. The van der Waals surface area contributed by atoms with E-state index in [2.05, 4.69) is 16.1 Å². The molecule has 0 bridgehead atoms. The second-order valence-corrected chi connectivity index (χ2v) is 1.46. The lowest BCUT2D eigenvalue weighted by molar-refractivity contribution is 0.0650. The molecule has 4 nitrogen and oxygen atoms in total. The van der Waals surface area contributed by atoms with Crippen LogP contribution in [0, 0.1) is 0 Å². The number of ether oxygens (including phenoxy) is 2. The molecule has 0 radical (unpaired) electrons. The molecule has 0 spiro atoms. The predicted octanol–water partition coefficient (Wildman–Crippen LogP) is -0.236. The number of aliphatic hydroxyl groups is 2. The highest BCUT2D eigenvalue weighted by atomic mass is 16.5. The lowest BCUT2D eigenvalue weighted by atomic mass is 10.7. The number of hydrogen-bond donors (Lipinski definition) is 2. The van der Waals surface area contributed by atoms with E-state index in [1.165, 1.54) is 6.26 Å². The van der Waals surface area contributed by atoms with Gasteiger partial charge in [-0.25, -0.2) is 0 Å². The molecule has 0 aromatic carbocycles. The first kappa shape index (κ1) is 13.0. The van der Waals surface area contributed by atoms with Gasteiger partial charge in [-0.2, -0.15) is 0 Å². The summed E-state index contributed by atoms with van der Waals surface area (Å²) in [6.07, 6.45) is 1.38. The average molecular weight is 164 g/mol. The number of rotatable bonds is 5. The van der Waals surface area contributed by atoms with Gasteiger partial charge in [-0.15, -0.1) is 0 Å². The van der Waals surface area contributed by atoms with Crippen LogP contribution >= 0.6 is 0 Å². The molecule has 2 N–H and O–H groups in total. The summed E-state index contributed by atoms with van der Waals surface area (Å²) in [6.45, 7) is 3.95. The van der Waals surface area contributed by atoms with Crippen molar-refractivity contribution in [3.63, 3.8) is 0 Å². The van der Waals surface area contributed by atoms with Crippen LogP contribution in [0.15, 0.2) is 12.8 Å². The lowest BCUT2D eigenvalue weighted by Crippen LogP contribution is -2.03. The predicted molar refractivity (Wildman–Crippen MR) is 42.2 cm³/mol. The number of hydrogen-bond acceptors (Lipinski definition) is 4. The van der Waals surface area contributed by atoms with E-state index >= 15 is 0 Å². The van der Waals surface area contributed by atoms with Crippen LogP contribution in [-0.2, 0) is 9.47 Å². The molecule has 0 amide bonds. The van der Waals surface area contributed by atoms with Crippen LogP contribution in [0.3, 0.4) is 0 Å². The van der Waals surface area contributed by atoms with E-state index in [0.29, 0.717) is 13.2 Å². The van der Waals surface area contributed by atoms with Crippen LogP contribution in [0.25, 0.3) is 0 Å². The first-order chi connectivity index (χ1) is 5.33. The Morgan fingerprint density at radius 2 is 1.64 bits per heavy atom. The molecule has 0 aromatic heterocycles. The molecule has 0 aliphatic carbocycles. The smallest absolute Gasteiger partial charge is 0.0766 e. The van der Waals surface area contributed by atoms with E-state index < -0.39 is 0 Å². The Morgan fingerprint density at radius 3 is 1.82 bits per heavy atom. The highest BCUT2D eigenvalue weighted by molar-refractivity contribution is 4.43. The SMILES string of the molecule is C=COC.OCCOCCO. The Morgan fingerprint density at radius 1 is 1.27 bits per heavy atom. The fraction of sp³-hybridized carbons (Fsp3) is 0.714. The molecule has 0 saturated carbocycles. The van der Waals surface area contributed by atoms with Crippen LogP contribution in [0.5, 0.6) is 0 Å². The zero-order chi connectivity index (χ0) is 8.95. The Hall–Kier alpha value is -0.580. The molecule has 0 aliphatic rings. The molecule has 0 rings (SSSR count). The molecule has 0 fully saturated rings. The maximum Gasteiger partial charge on any atom is 0.0766 e. The Bertz CT molecular complexity index is 61.5. The van der Waals surface area contributed by atoms with E-state index in [0.717, 1.165) is 0 Å². The summed E-state index contributed by atoms with van der Waals surface area (Å²) < 4.78 is 8.94. The standard InChI is InChI=1S/C4H10O3.C3H6O/c5-1-3-7-4-2-6;1-3-4-2/h5-6H,1-4H2;3H,1H2,2H3. The molecule has 0 heterocycles. The minimum atomic E-state index is 0.0278. The molecule has 0 saturated heterocycles. The molecule has 0 aromatic rings. The van der Waals surface area contributed by atoms with Crippen LogP contribution in [0.1, 0.15) is 0 Å². The van der Waals surface area contributed by atoms with Crippen molar-refractivity contribution in [1.82, 2.24) is 0 Å². The van der Waals surface area contributed by atoms with Gasteiger partial charge in [0.25, 0.3) is 0 Å². The molecule has 11 heavy (non-hydrogen) atoms. The van der Waals surface area contributed by atoms with Gasteiger partial charge in [0.15, 0.2) is 0 Å². The van der Waals surface area contributed by atoms with E-state index in [9.17, 15) is 0 Å². The molecule has 0 aliphatic heterocycles. The first-order valence-corrected chi connectivity index (χ1v) is 3.26. The Kier molecular flexibility index (Phi) is 19.2. The van der Waals surface area contributed by atoms with Crippen molar-refractivity contribution in [3.05, 3.63) is 12.8 Å². The summed E-state index contributed by atoms with van der Waals surface area (Å²) in [6, 6.07) is 0. The fourth-order valence-corrected chi connectivity index (χ4v) is 0.231. The van der Waals surface area contributed by atoms with Crippen molar-refractivity contribution in [2.75, 3.05) is 33.5 Å². The topological polar surface area (TPSA) is 58.9 Å². The van der Waals surface area contributed by atoms with Crippen molar-refractivity contribution in [2.24, 2.45) is 0 Å². The second-order valence-electron chi connectivity index (χ2n) is 1.46. The normalized spacial score (nSPS) is 7.91. The van der Waals surface area contributed by atoms with Crippen LogP contribution < -0.4 is 0 Å². The Balaban J connectivity index is 0. The van der Waals surface area contributed by atoms with Gasteiger partial charge in [0, 0.05) is 0 Å². The second kappa shape index (κ2) is 16.2. The van der Waals surface area contributed by atoms with Gasteiger partial charge in [-0.05, 0) is 0 Å². The van der Waals surface area contributed by atoms with E-state index in [-0.39, 0.29) is 13.2 Å². The third-order valence-electron chi connectivity index (χ3n) is 0.638. The molecular formula is C7H16O4. The summed E-state index contributed by atoms with van der Waals surface area (Å²) in [5.74, 6) is 0. The van der Waals surface area contributed by atoms with E-state index in [1.807, 2.05) is 0 Å². The minimum Gasteiger partial charge on any atom is -0.505 e. The zero-order valence-electron chi connectivity index (χ0n) is 6.82. The van der Waals surface area contributed by atoms with Crippen molar-refractivity contribution in [1.29, 1.82) is 0 Å². The lowest BCUT2D eigenvalue weighted by Gasteiger charge is -1.94. The van der Waals surface area contributed by atoms with E-state index in [4.69, 9.17) is 10.2 Å². The minimum absolute atomic E-state index is 0.0278. The van der Waals surface area contributed by atoms with Gasteiger partial charge in [-0.1, -0.05) is 6.58 Å². The van der Waals surface area contributed by atoms with Crippen molar-refractivity contribution in [2.45, 2.75) is 0 Å². The Labute approximate surface area is 67.1 Å².